The fraction of sp³-hybridized carbons (Fsp3) is 0.308. The third kappa shape index (κ3) is 3.33. The molecule has 1 aliphatic rings. The minimum Gasteiger partial charge on any atom is -0.494 e. The number of ether oxygens (including phenoxy) is 1. The second-order valence-electron chi connectivity index (χ2n) is 9.09. The van der Waals surface area contributed by atoms with E-state index < -0.39 is 0 Å². The lowest BCUT2D eigenvalue weighted by Gasteiger charge is -2.32. The highest BCUT2D eigenvalue weighted by Gasteiger charge is 2.51. The SMILES string of the molecule is CCOc1cc(-c2ccc(B3OC(C)(C)C(C)(C)O3)cc2)c2oc3ccccc3c2c1. The molecule has 5 heteroatoms. The third-order valence-electron chi connectivity index (χ3n) is 6.51. The quantitative estimate of drug-likeness (QED) is 0.387. The highest BCUT2D eigenvalue weighted by Crippen LogP contribution is 2.39. The van der Waals surface area contributed by atoms with Gasteiger partial charge in [0.1, 0.15) is 16.9 Å². The molecule has 0 saturated carbocycles. The minimum atomic E-state index is -0.375. The van der Waals surface area contributed by atoms with Crippen molar-refractivity contribution >= 4 is 34.5 Å². The van der Waals surface area contributed by atoms with E-state index in [2.05, 4.69) is 70.2 Å². The molecule has 3 aromatic carbocycles. The van der Waals surface area contributed by atoms with Crippen molar-refractivity contribution in [1.29, 1.82) is 0 Å². The van der Waals surface area contributed by atoms with Crippen molar-refractivity contribution in [2.24, 2.45) is 0 Å². The molecule has 1 aromatic heterocycles. The molecule has 158 valence electrons. The van der Waals surface area contributed by atoms with E-state index in [1.807, 2.05) is 25.1 Å². The molecule has 0 aliphatic carbocycles. The van der Waals surface area contributed by atoms with E-state index in [-0.39, 0.29) is 18.3 Å². The predicted molar refractivity (Wildman–Crippen MR) is 126 cm³/mol. The molecule has 0 atom stereocenters. The van der Waals surface area contributed by atoms with Crippen molar-refractivity contribution < 1.29 is 18.5 Å². The second-order valence-corrected chi connectivity index (χ2v) is 9.09. The van der Waals surface area contributed by atoms with E-state index in [0.29, 0.717) is 6.61 Å². The van der Waals surface area contributed by atoms with Crippen LogP contribution in [0.3, 0.4) is 0 Å². The number of rotatable bonds is 4. The zero-order valence-corrected chi connectivity index (χ0v) is 18.7. The topological polar surface area (TPSA) is 40.8 Å². The average Bonchev–Trinajstić information content (AvgIpc) is 3.21. The van der Waals surface area contributed by atoms with Crippen LogP contribution in [0.1, 0.15) is 34.6 Å². The Morgan fingerprint density at radius 3 is 2.19 bits per heavy atom. The van der Waals surface area contributed by atoms with Crippen molar-refractivity contribution in [2.45, 2.75) is 45.8 Å². The first-order valence-electron chi connectivity index (χ1n) is 10.8. The second kappa shape index (κ2) is 7.15. The van der Waals surface area contributed by atoms with Gasteiger partial charge in [-0.05, 0) is 63.8 Å². The molecular formula is C26H27BO4. The van der Waals surface area contributed by atoms with E-state index >= 15 is 0 Å². The lowest BCUT2D eigenvalue weighted by Crippen LogP contribution is -2.41. The van der Waals surface area contributed by atoms with Crippen LogP contribution in [-0.4, -0.2) is 24.9 Å². The van der Waals surface area contributed by atoms with Gasteiger partial charge in [0.15, 0.2) is 0 Å². The van der Waals surface area contributed by atoms with Gasteiger partial charge in [-0.15, -0.1) is 0 Å². The van der Waals surface area contributed by atoms with Gasteiger partial charge in [-0.3, -0.25) is 0 Å². The van der Waals surface area contributed by atoms with Crippen molar-refractivity contribution in [3.05, 3.63) is 60.7 Å². The Morgan fingerprint density at radius 2 is 1.52 bits per heavy atom. The summed E-state index contributed by atoms with van der Waals surface area (Å²) in [5.41, 5.74) is 4.10. The Morgan fingerprint density at radius 1 is 0.839 bits per heavy atom. The molecular weight excluding hydrogens is 387 g/mol. The van der Waals surface area contributed by atoms with Crippen LogP contribution < -0.4 is 10.2 Å². The summed E-state index contributed by atoms with van der Waals surface area (Å²) in [5, 5.41) is 2.15. The van der Waals surface area contributed by atoms with Gasteiger partial charge < -0.3 is 18.5 Å². The van der Waals surface area contributed by atoms with Gasteiger partial charge >= 0.3 is 7.12 Å². The van der Waals surface area contributed by atoms with Crippen molar-refractivity contribution in [3.63, 3.8) is 0 Å². The lowest BCUT2D eigenvalue weighted by molar-refractivity contribution is 0.00578. The normalized spacial score (nSPS) is 17.5. The maximum absolute atomic E-state index is 6.25. The number of fused-ring (bicyclic) bond motifs is 3. The molecule has 0 radical (unpaired) electrons. The van der Waals surface area contributed by atoms with E-state index in [1.54, 1.807) is 0 Å². The Bertz CT molecular complexity index is 1240. The zero-order chi connectivity index (χ0) is 21.8. The molecule has 1 aliphatic heterocycles. The molecule has 1 fully saturated rings. The van der Waals surface area contributed by atoms with Crippen LogP contribution in [0.5, 0.6) is 5.75 Å². The Hall–Kier alpha value is -2.76. The summed E-state index contributed by atoms with van der Waals surface area (Å²) in [4.78, 5) is 0. The van der Waals surface area contributed by atoms with Crippen molar-refractivity contribution in [3.8, 4) is 16.9 Å². The van der Waals surface area contributed by atoms with Crippen LogP contribution in [0, 0.1) is 0 Å². The maximum Gasteiger partial charge on any atom is 0.494 e. The van der Waals surface area contributed by atoms with E-state index in [0.717, 1.165) is 44.3 Å². The molecule has 0 N–H and O–H groups in total. The molecule has 2 heterocycles. The van der Waals surface area contributed by atoms with Crippen LogP contribution in [-0.2, 0) is 9.31 Å². The van der Waals surface area contributed by atoms with Gasteiger partial charge in [-0.2, -0.15) is 0 Å². The fourth-order valence-electron chi connectivity index (χ4n) is 4.06. The molecule has 0 spiro atoms. The Kier molecular flexibility index (Phi) is 4.65. The summed E-state index contributed by atoms with van der Waals surface area (Å²) in [6.07, 6.45) is 0. The zero-order valence-electron chi connectivity index (χ0n) is 18.7. The first kappa shape index (κ1) is 20.2. The monoisotopic (exact) mass is 414 g/mol. The van der Waals surface area contributed by atoms with Gasteiger partial charge in [0.25, 0.3) is 0 Å². The average molecular weight is 414 g/mol. The van der Waals surface area contributed by atoms with Gasteiger partial charge in [0.05, 0.1) is 17.8 Å². The van der Waals surface area contributed by atoms with Gasteiger partial charge in [0, 0.05) is 16.3 Å². The van der Waals surface area contributed by atoms with Crippen LogP contribution >= 0.6 is 0 Å². The number of benzene rings is 3. The van der Waals surface area contributed by atoms with Crippen LogP contribution in [0.2, 0.25) is 0 Å². The minimum absolute atomic E-state index is 0.359. The van der Waals surface area contributed by atoms with Gasteiger partial charge in [0.2, 0.25) is 0 Å². The van der Waals surface area contributed by atoms with E-state index in [1.165, 1.54) is 0 Å². The molecule has 5 rings (SSSR count). The van der Waals surface area contributed by atoms with Crippen LogP contribution in [0.25, 0.3) is 33.1 Å². The Labute approximate surface area is 183 Å². The highest BCUT2D eigenvalue weighted by molar-refractivity contribution is 6.62. The number of hydrogen-bond acceptors (Lipinski definition) is 4. The predicted octanol–water partition coefficient (Wildman–Crippen LogP) is 5.95. The molecule has 4 nitrogen and oxygen atoms in total. The maximum atomic E-state index is 6.25. The highest BCUT2D eigenvalue weighted by atomic mass is 16.7. The summed E-state index contributed by atoms with van der Waals surface area (Å²) < 4.78 is 24.5. The molecule has 1 saturated heterocycles. The molecule has 4 aromatic rings. The molecule has 0 bridgehead atoms. The van der Waals surface area contributed by atoms with E-state index in [9.17, 15) is 0 Å². The van der Waals surface area contributed by atoms with Crippen LogP contribution in [0.4, 0.5) is 0 Å². The lowest BCUT2D eigenvalue weighted by atomic mass is 9.78. The van der Waals surface area contributed by atoms with Gasteiger partial charge in [-0.25, -0.2) is 0 Å². The summed E-state index contributed by atoms with van der Waals surface area (Å²) in [7, 11) is -0.375. The molecule has 31 heavy (non-hydrogen) atoms. The first-order valence-corrected chi connectivity index (χ1v) is 10.8. The third-order valence-corrected chi connectivity index (χ3v) is 6.51. The standard InChI is InChI=1S/C26H27BO4/c1-6-28-19-15-21(24-22(16-19)20-9-7-8-10-23(20)29-24)17-11-13-18(14-12-17)27-30-25(2,3)26(4,5)31-27/h7-16H,6H2,1-5H3. The van der Waals surface area contributed by atoms with Gasteiger partial charge in [-0.1, -0.05) is 42.5 Å². The largest absolute Gasteiger partial charge is 0.494 e. The first-order chi connectivity index (χ1) is 14.8. The smallest absolute Gasteiger partial charge is 0.494 e. The van der Waals surface area contributed by atoms with E-state index in [4.69, 9.17) is 18.5 Å². The number of hydrogen-bond donors (Lipinski definition) is 0. The summed E-state index contributed by atoms with van der Waals surface area (Å²) >= 11 is 0. The van der Waals surface area contributed by atoms with Crippen LogP contribution in [0.15, 0.2) is 65.1 Å². The molecule has 0 amide bonds. The van der Waals surface area contributed by atoms with Crippen molar-refractivity contribution in [1.82, 2.24) is 0 Å². The summed E-state index contributed by atoms with van der Waals surface area (Å²) in [6.45, 7) is 10.9. The number of para-hydroxylation sites is 1. The molecule has 0 unspecified atom stereocenters. The summed E-state index contributed by atoms with van der Waals surface area (Å²) in [6, 6.07) is 20.6. The van der Waals surface area contributed by atoms with Crippen molar-refractivity contribution in [2.75, 3.05) is 6.61 Å². The fourth-order valence-corrected chi connectivity index (χ4v) is 4.06. The summed E-state index contributed by atoms with van der Waals surface area (Å²) in [5.74, 6) is 0.839. The Balaban J connectivity index is 1.58. The number of furan rings is 1.